The predicted octanol–water partition coefficient (Wildman–Crippen LogP) is 5.87. The van der Waals surface area contributed by atoms with Gasteiger partial charge in [-0.1, -0.05) is 61.4 Å². The van der Waals surface area contributed by atoms with Crippen LogP contribution < -0.4 is 11.5 Å². The summed E-state index contributed by atoms with van der Waals surface area (Å²) in [6.45, 7) is 0. The van der Waals surface area contributed by atoms with Crippen LogP contribution in [0.25, 0.3) is 0 Å². The summed E-state index contributed by atoms with van der Waals surface area (Å²) in [6, 6.07) is 15.2. The van der Waals surface area contributed by atoms with E-state index in [9.17, 15) is 49.2 Å². The molecule has 0 radical (unpaired) electrons. The van der Waals surface area contributed by atoms with Crippen molar-refractivity contribution >= 4 is 35.1 Å². The fraction of sp³-hybridized carbons (Fsp3) is 0.400. The van der Waals surface area contributed by atoms with E-state index in [1.165, 1.54) is 36.4 Å². The van der Waals surface area contributed by atoms with Gasteiger partial charge in [-0.25, -0.2) is 0 Å². The van der Waals surface area contributed by atoms with Crippen molar-refractivity contribution in [3.63, 3.8) is 0 Å². The van der Waals surface area contributed by atoms with Crippen molar-refractivity contribution in [1.82, 2.24) is 0 Å². The molecule has 0 aliphatic heterocycles. The number of esters is 2. The van der Waals surface area contributed by atoms with Crippen molar-refractivity contribution < 1.29 is 70.1 Å². The van der Waals surface area contributed by atoms with Crippen molar-refractivity contribution in [2.24, 2.45) is 11.8 Å². The zero-order valence-electron chi connectivity index (χ0n) is 35.6. The molecule has 4 aromatic carbocycles. The van der Waals surface area contributed by atoms with Crippen LogP contribution in [0.3, 0.4) is 0 Å². The van der Waals surface area contributed by atoms with Gasteiger partial charge in [0.2, 0.25) is 0 Å². The summed E-state index contributed by atoms with van der Waals surface area (Å²) in [5.41, 5.74) is 7.32. The number of hydrogen-bond acceptors (Lipinski definition) is 12. The van der Waals surface area contributed by atoms with Gasteiger partial charge in [-0.3, -0.25) is 28.8 Å². The second-order valence-electron chi connectivity index (χ2n) is 17.9. The minimum absolute atomic E-state index is 0.00850. The van der Waals surface area contributed by atoms with Gasteiger partial charge >= 0.3 is 11.9 Å². The summed E-state index contributed by atoms with van der Waals surface area (Å²) >= 11 is 0. The van der Waals surface area contributed by atoms with Gasteiger partial charge in [-0.2, -0.15) is 0 Å². The van der Waals surface area contributed by atoms with Gasteiger partial charge in [0.15, 0.2) is 23.1 Å². The highest BCUT2D eigenvalue weighted by atomic mass is 16.5. The quantitative estimate of drug-likeness (QED) is 0.0453. The molecular weight excluding hydrogens is 821 g/mol. The summed E-state index contributed by atoms with van der Waals surface area (Å²) in [6.07, 6.45) is 5.54. The van der Waals surface area contributed by atoms with Crippen LogP contribution in [0.5, 0.6) is 23.0 Å². The molecular formula is C50H54N2O12+2. The van der Waals surface area contributed by atoms with Gasteiger partial charge in [-0.05, 0) is 63.5 Å². The molecule has 64 heavy (non-hydrogen) atoms. The summed E-state index contributed by atoms with van der Waals surface area (Å²) in [7, 11) is 0. The average molecular weight is 875 g/mol. The van der Waals surface area contributed by atoms with Crippen molar-refractivity contribution in [3.8, 4) is 23.0 Å². The van der Waals surface area contributed by atoms with Gasteiger partial charge < -0.3 is 41.4 Å². The normalized spacial score (nSPS) is 21.2. The van der Waals surface area contributed by atoms with Crippen LogP contribution in [0, 0.1) is 11.8 Å². The van der Waals surface area contributed by atoms with E-state index in [-0.39, 0.29) is 92.4 Å². The Hall–Kier alpha value is -6.38. The first-order chi connectivity index (χ1) is 30.7. The lowest BCUT2D eigenvalue weighted by molar-refractivity contribution is -0.426. The third kappa shape index (κ3) is 8.39. The van der Waals surface area contributed by atoms with Gasteiger partial charge in [0.25, 0.3) is 0 Å². The average Bonchev–Trinajstić information content (AvgIpc) is 3.29. The van der Waals surface area contributed by atoms with E-state index in [1.54, 1.807) is 24.3 Å². The number of ether oxygens (including phenoxy) is 2. The SMILES string of the molecule is [NH3+]C1CCC(C(=O)OC(CCCCCCC(OC(=O)C2CCC([NH3+])CC2)c2cc(O)c3c(c2O)C(=O)c2ccccc2C3=O)c2cc(O)c3c(c2O)C(=O)c2ccccc2C3=O)CC1. The van der Waals surface area contributed by atoms with E-state index < -0.39 is 70.3 Å². The smallest absolute Gasteiger partial charge is 0.309 e. The predicted molar refractivity (Wildman–Crippen MR) is 229 cm³/mol. The molecule has 8 rings (SSSR count). The van der Waals surface area contributed by atoms with Crippen LogP contribution in [-0.2, 0) is 19.1 Å². The lowest BCUT2D eigenvalue weighted by Gasteiger charge is -2.28. The number of phenolic OH excluding ortho intramolecular Hbond substituents is 4. The number of benzene rings is 4. The van der Waals surface area contributed by atoms with Gasteiger partial charge in [0.1, 0.15) is 35.2 Å². The highest BCUT2D eigenvalue weighted by Crippen LogP contribution is 2.46. The first-order valence-corrected chi connectivity index (χ1v) is 22.4. The van der Waals surface area contributed by atoms with Gasteiger partial charge in [0, 0.05) is 59.1 Å². The number of ketones is 4. The van der Waals surface area contributed by atoms with Crippen molar-refractivity contribution in [2.45, 2.75) is 114 Å². The monoisotopic (exact) mass is 874 g/mol. The van der Waals surface area contributed by atoms with Crippen molar-refractivity contribution in [1.29, 1.82) is 0 Å². The largest absolute Gasteiger partial charge is 0.507 e. The second-order valence-corrected chi connectivity index (χ2v) is 17.9. The molecule has 0 amide bonds. The Balaban J connectivity index is 1.01. The maximum Gasteiger partial charge on any atom is 0.309 e. The van der Waals surface area contributed by atoms with Crippen LogP contribution >= 0.6 is 0 Å². The first-order valence-electron chi connectivity index (χ1n) is 22.4. The molecule has 0 saturated heterocycles. The molecule has 2 unspecified atom stereocenters. The van der Waals surface area contributed by atoms with E-state index >= 15 is 0 Å². The summed E-state index contributed by atoms with van der Waals surface area (Å²) in [5, 5.41) is 45.8. The molecule has 0 bridgehead atoms. The fourth-order valence-electron chi connectivity index (χ4n) is 9.88. The minimum atomic E-state index is -1.08. The standard InChI is InChI=1S/C50H52N2O12/c51-27-19-15-25(16-20-27)49(61)63-37(33-23-35(53)39-41(47(33)59)45(57)31-11-7-5-9-29(31)43(39)55)13-3-1-2-4-14-38(64-50(62)26-17-21-28(52)22-18-26)34-24-36(54)40-42(48(34)60)46(58)32-12-8-6-10-30(32)44(40)56/h5-12,23-28,37-38,53-54,59-60H,1-4,13-22,51-52H2/p+2. The minimum Gasteiger partial charge on any atom is -0.507 e. The van der Waals surface area contributed by atoms with E-state index in [0.717, 1.165) is 25.7 Å². The molecule has 14 heteroatoms. The van der Waals surface area contributed by atoms with E-state index in [1.807, 2.05) is 0 Å². The molecule has 4 aliphatic carbocycles. The molecule has 2 atom stereocenters. The zero-order chi connectivity index (χ0) is 45.4. The number of unbranched alkanes of at least 4 members (excludes halogenated alkanes) is 3. The number of rotatable bonds is 13. The second kappa shape index (κ2) is 18.4. The number of carbonyl (C=O) groups excluding carboxylic acids is 6. The molecule has 334 valence electrons. The summed E-state index contributed by atoms with van der Waals surface area (Å²) in [4.78, 5) is 81.6. The molecule has 0 spiro atoms. The Labute approximate surface area is 369 Å². The molecule has 10 N–H and O–H groups in total. The lowest BCUT2D eigenvalue weighted by Crippen LogP contribution is -2.62. The lowest BCUT2D eigenvalue weighted by atomic mass is 9.81. The van der Waals surface area contributed by atoms with Gasteiger partial charge in [-0.15, -0.1) is 0 Å². The Morgan fingerprint density at radius 1 is 0.500 bits per heavy atom. The Kier molecular flexibility index (Phi) is 12.7. The van der Waals surface area contributed by atoms with E-state index in [0.29, 0.717) is 51.4 Å². The van der Waals surface area contributed by atoms with Crippen molar-refractivity contribution in [2.75, 3.05) is 0 Å². The van der Waals surface area contributed by atoms with E-state index in [4.69, 9.17) is 9.47 Å². The Morgan fingerprint density at radius 2 is 0.812 bits per heavy atom. The van der Waals surface area contributed by atoms with Gasteiger partial charge in [0.05, 0.1) is 46.2 Å². The third-order valence-corrected chi connectivity index (χ3v) is 13.6. The highest BCUT2D eigenvalue weighted by Gasteiger charge is 2.40. The first kappa shape index (κ1) is 44.2. The van der Waals surface area contributed by atoms with Crippen LogP contribution in [0.1, 0.15) is 177 Å². The summed E-state index contributed by atoms with van der Waals surface area (Å²) in [5.74, 6) is -6.30. The molecule has 0 aromatic heterocycles. The maximum atomic E-state index is 13.7. The van der Waals surface area contributed by atoms with Crippen LogP contribution in [0.2, 0.25) is 0 Å². The number of fused-ring (bicyclic) bond motifs is 4. The van der Waals surface area contributed by atoms with Crippen LogP contribution in [0.15, 0.2) is 60.7 Å². The topological polar surface area (TPSA) is 257 Å². The maximum absolute atomic E-state index is 13.7. The molecule has 4 aliphatic rings. The highest BCUT2D eigenvalue weighted by molar-refractivity contribution is 6.31. The number of carbonyl (C=O) groups is 6. The fourth-order valence-corrected chi connectivity index (χ4v) is 9.88. The van der Waals surface area contributed by atoms with Crippen molar-refractivity contribution in [3.05, 3.63) is 116 Å². The van der Waals surface area contributed by atoms with Crippen LogP contribution in [-0.4, -0.2) is 67.6 Å². The summed E-state index contributed by atoms with van der Waals surface area (Å²) < 4.78 is 12.2. The number of hydrogen-bond donors (Lipinski definition) is 6. The Morgan fingerprint density at radius 3 is 1.14 bits per heavy atom. The molecule has 14 nitrogen and oxygen atoms in total. The molecule has 4 aromatic rings. The number of phenols is 4. The van der Waals surface area contributed by atoms with Crippen LogP contribution in [0.4, 0.5) is 0 Å². The molecule has 2 saturated carbocycles. The molecule has 2 fully saturated rings. The van der Waals surface area contributed by atoms with E-state index in [2.05, 4.69) is 11.5 Å². The third-order valence-electron chi connectivity index (χ3n) is 13.6. The Bertz CT molecular complexity index is 2370. The number of quaternary nitrogens is 2. The molecule has 0 heterocycles. The zero-order valence-corrected chi connectivity index (χ0v) is 35.6. The number of aromatic hydroxyl groups is 4.